The Morgan fingerprint density at radius 3 is 2.63 bits per heavy atom. The monoisotopic (exact) mass is 421 g/mol. The average molecular weight is 422 g/mol. The Labute approximate surface area is 164 Å². The molecule has 0 bridgehead atoms. The van der Waals surface area contributed by atoms with Crippen LogP contribution in [0.2, 0.25) is 0 Å². The maximum Gasteiger partial charge on any atom is 0.246 e. The van der Waals surface area contributed by atoms with Crippen LogP contribution in [0.3, 0.4) is 0 Å². The third-order valence-corrected chi connectivity index (χ3v) is 6.18. The molecule has 1 amide bonds. The van der Waals surface area contributed by atoms with E-state index in [0.29, 0.717) is 32.1 Å². The van der Waals surface area contributed by atoms with E-state index in [2.05, 4.69) is 10.6 Å². The highest BCUT2D eigenvalue weighted by atomic mass is 35.5. The number of rotatable bonds is 5. The van der Waals surface area contributed by atoms with E-state index in [4.69, 9.17) is 14.2 Å². The van der Waals surface area contributed by atoms with Gasteiger partial charge in [0.1, 0.15) is 16.7 Å². The van der Waals surface area contributed by atoms with Crippen molar-refractivity contribution in [3.8, 4) is 5.75 Å². The highest BCUT2D eigenvalue weighted by Crippen LogP contribution is 2.30. The van der Waals surface area contributed by atoms with Crippen molar-refractivity contribution < 1.29 is 27.4 Å². The molecule has 2 fully saturated rings. The predicted octanol–water partition coefficient (Wildman–Crippen LogP) is 0.0648. The van der Waals surface area contributed by atoms with Crippen molar-refractivity contribution in [2.24, 2.45) is 0 Å². The van der Waals surface area contributed by atoms with Crippen LogP contribution in [0.1, 0.15) is 0 Å². The molecule has 0 aliphatic carbocycles. The second-order valence-corrected chi connectivity index (χ2v) is 7.86. The highest BCUT2D eigenvalue weighted by molar-refractivity contribution is 7.89. The molecule has 2 saturated heterocycles. The van der Waals surface area contributed by atoms with Crippen LogP contribution in [0.4, 0.5) is 5.69 Å². The van der Waals surface area contributed by atoms with Crippen molar-refractivity contribution in [1.29, 1.82) is 0 Å². The van der Waals surface area contributed by atoms with Gasteiger partial charge in [0.2, 0.25) is 15.9 Å². The third-order valence-electron chi connectivity index (χ3n) is 4.26. The van der Waals surface area contributed by atoms with Crippen LogP contribution in [0, 0.1) is 0 Å². The van der Waals surface area contributed by atoms with E-state index in [1.54, 1.807) is 6.07 Å². The van der Waals surface area contributed by atoms with Crippen LogP contribution in [0.15, 0.2) is 23.1 Å². The number of methoxy groups -OCH3 is 1. The lowest BCUT2D eigenvalue weighted by Gasteiger charge is -2.27. The van der Waals surface area contributed by atoms with Gasteiger partial charge in [0.05, 0.1) is 33.5 Å². The minimum Gasteiger partial charge on any atom is -0.495 e. The van der Waals surface area contributed by atoms with Crippen molar-refractivity contribution >= 4 is 34.0 Å². The molecular weight excluding hydrogens is 398 g/mol. The van der Waals surface area contributed by atoms with Crippen LogP contribution in [-0.4, -0.2) is 77.8 Å². The molecule has 1 unspecified atom stereocenters. The van der Waals surface area contributed by atoms with Crippen molar-refractivity contribution in [3.63, 3.8) is 0 Å². The summed E-state index contributed by atoms with van der Waals surface area (Å²) < 4.78 is 43.0. The number of carbonyl (C=O) groups excluding carboxylic acids is 1. The van der Waals surface area contributed by atoms with Gasteiger partial charge >= 0.3 is 0 Å². The first-order valence-corrected chi connectivity index (χ1v) is 9.84. The minimum absolute atomic E-state index is 0. The van der Waals surface area contributed by atoms with E-state index in [-0.39, 0.29) is 48.7 Å². The van der Waals surface area contributed by atoms with Crippen LogP contribution in [0.5, 0.6) is 5.75 Å². The Balaban J connectivity index is 0.00000261. The number of nitrogens with one attached hydrogen (secondary N) is 2. The number of morpholine rings is 2. The Kier molecular flexibility index (Phi) is 7.83. The number of anilines is 1. The molecule has 0 radical (unpaired) electrons. The third kappa shape index (κ3) is 5.09. The fraction of sp³-hybridized carbons (Fsp3) is 0.562. The fourth-order valence-electron chi connectivity index (χ4n) is 2.85. The summed E-state index contributed by atoms with van der Waals surface area (Å²) in [6, 6.07) is 4.10. The van der Waals surface area contributed by atoms with Gasteiger partial charge in [0.25, 0.3) is 0 Å². The normalized spacial score (nSPS) is 21.1. The topological polar surface area (TPSA) is 106 Å². The van der Waals surface area contributed by atoms with E-state index >= 15 is 0 Å². The summed E-state index contributed by atoms with van der Waals surface area (Å²) in [5.74, 6) is -0.0433. The molecule has 9 nitrogen and oxygen atoms in total. The molecule has 2 aliphatic rings. The average Bonchev–Trinajstić information content (AvgIpc) is 2.69. The lowest BCUT2D eigenvalue weighted by atomic mass is 10.2. The molecule has 2 heterocycles. The quantitative estimate of drug-likeness (QED) is 0.692. The van der Waals surface area contributed by atoms with E-state index in [0.717, 1.165) is 0 Å². The highest BCUT2D eigenvalue weighted by Gasteiger charge is 2.30. The first-order valence-electron chi connectivity index (χ1n) is 8.40. The zero-order valence-electron chi connectivity index (χ0n) is 15.0. The Morgan fingerprint density at radius 2 is 2.00 bits per heavy atom. The number of hydrogen-bond donors (Lipinski definition) is 2. The summed E-state index contributed by atoms with van der Waals surface area (Å²) in [5, 5.41) is 5.79. The van der Waals surface area contributed by atoms with Gasteiger partial charge in [-0.1, -0.05) is 0 Å². The molecule has 11 heteroatoms. The van der Waals surface area contributed by atoms with Crippen LogP contribution < -0.4 is 15.4 Å². The van der Waals surface area contributed by atoms with Crippen molar-refractivity contribution in [2.75, 3.05) is 58.5 Å². The molecule has 2 N–H and O–H groups in total. The van der Waals surface area contributed by atoms with Crippen LogP contribution in [0.25, 0.3) is 0 Å². The van der Waals surface area contributed by atoms with Crippen LogP contribution >= 0.6 is 12.4 Å². The summed E-state index contributed by atoms with van der Waals surface area (Å²) in [4.78, 5) is 12.3. The Morgan fingerprint density at radius 1 is 1.26 bits per heavy atom. The van der Waals surface area contributed by atoms with Gasteiger partial charge in [0, 0.05) is 25.3 Å². The molecule has 0 spiro atoms. The largest absolute Gasteiger partial charge is 0.495 e. The Bertz CT molecular complexity index is 749. The molecule has 1 aromatic rings. The second kappa shape index (κ2) is 9.67. The Hall–Kier alpha value is -1.43. The van der Waals surface area contributed by atoms with Crippen molar-refractivity contribution in [1.82, 2.24) is 9.62 Å². The number of halogens is 1. The maximum atomic E-state index is 13.0. The number of sulfonamides is 1. The maximum absolute atomic E-state index is 13.0. The van der Waals surface area contributed by atoms with Gasteiger partial charge < -0.3 is 24.8 Å². The summed E-state index contributed by atoms with van der Waals surface area (Å²) in [6.45, 7) is 2.71. The van der Waals surface area contributed by atoms with Crippen molar-refractivity contribution in [2.45, 2.75) is 10.9 Å². The lowest BCUT2D eigenvalue weighted by Crippen LogP contribution is -2.48. The van der Waals surface area contributed by atoms with Crippen LogP contribution in [-0.2, 0) is 24.3 Å². The predicted molar refractivity (Wildman–Crippen MR) is 101 cm³/mol. The van der Waals surface area contributed by atoms with Gasteiger partial charge in [-0.3, -0.25) is 4.79 Å². The van der Waals surface area contributed by atoms with Gasteiger partial charge in [-0.15, -0.1) is 12.4 Å². The molecule has 152 valence electrons. The fourth-order valence-corrected chi connectivity index (χ4v) is 4.43. The SMILES string of the molecule is COc1ccc(NC(=O)C2COCCN2)cc1S(=O)(=O)N1CCOCC1.Cl. The molecule has 0 saturated carbocycles. The lowest BCUT2D eigenvalue weighted by molar-refractivity contribution is -0.120. The van der Waals surface area contributed by atoms with Crippen molar-refractivity contribution in [3.05, 3.63) is 18.2 Å². The number of amides is 1. The first kappa shape index (κ1) is 21.9. The summed E-state index contributed by atoms with van der Waals surface area (Å²) >= 11 is 0. The zero-order chi connectivity index (χ0) is 18.6. The summed E-state index contributed by atoms with van der Waals surface area (Å²) in [5.41, 5.74) is 0.384. The van der Waals surface area contributed by atoms with Gasteiger partial charge in [0.15, 0.2) is 0 Å². The summed E-state index contributed by atoms with van der Waals surface area (Å²) in [6.07, 6.45) is 0. The molecule has 2 aliphatic heterocycles. The van der Waals surface area contributed by atoms with E-state index in [1.807, 2.05) is 0 Å². The first-order chi connectivity index (χ1) is 12.5. The van der Waals surface area contributed by atoms with Gasteiger partial charge in [-0.25, -0.2) is 8.42 Å². The number of nitrogens with zero attached hydrogens (tertiary/aromatic N) is 1. The molecular formula is C16H24ClN3O6S. The van der Waals surface area contributed by atoms with Gasteiger partial charge in [-0.2, -0.15) is 4.31 Å². The molecule has 0 aromatic heterocycles. The zero-order valence-corrected chi connectivity index (χ0v) is 16.6. The van der Waals surface area contributed by atoms with E-state index < -0.39 is 16.1 Å². The molecule has 1 aromatic carbocycles. The molecule has 3 rings (SSSR count). The molecule has 1 atom stereocenters. The number of carbonyl (C=O) groups is 1. The number of hydrogen-bond acceptors (Lipinski definition) is 7. The molecule has 27 heavy (non-hydrogen) atoms. The number of benzene rings is 1. The van der Waals surface area contributed by atoms with Gasteiger partial charge in [-0.05, 0) is 18.2 Å². The second-order valence-electron chi connectivity index (χ2n) is 5.95. The summed E-state index contributed by atoms with van der Waals surface area (Å²) in [7, 11) is -2.34. The number of ether oxygens (including phenoxy) is 3. The smallest absolute Gasteiger partial charge is 0.246 e. The van der Waals surface area contributed by atoms with E-state index in [9.17, 15) is 13.2 Å². The van der Waals surface area contributed by atoms with E-state index in [1.165, 1.54) is 23.5 Å². The minimum atomic E-state index is -3.75. The standard InChI is InChI=1S/C16H23N3O6S.ClH/c1-23-14-3-2-12(18-16(20)13-11-25-7-4-17-13)10-15(14)26(21,22)19-5-8-24-9-6-19;/h2-3,10,13,17H,4-9,11H2,1H3,(H,18,20);1H.